The summed E-state index contributed by atoms with van der Waals surface area (Å²) in [5.41, 5.74) is 9.06. The molecule has 0 radical (unpaired) electrons. The monoisotopic (exact) mass is 233 g/mol. The molecule has 3 nitrogen and oxygen atoms in total. The lowest BCUT2D eigenvalue weighted by Gasteiger charge is -2.36. The van der Waals surface area contributed by atoms with Crippen molar-refractivity contribution in [2.24, 2.45) is 5.92 Å². The van der Waals surface area contributed by atoms with E-state index < -0.39 is 0 Å². The Hall–Kier alpha value is -1.22. The van der Waals surface area contributed by atoms with Crippen LogP contribution < -0.4 is 11.1 Å². The number of nitrogen functional groups attached to an aromatic ring is 1. The predicted molar refractivity (Wildman–Crippen MR) is 74.3 cm³/mol. The molecule has 94 valence electrons. The molecule has 0 aliphatic carbocycles. The Morgan fingerprint density at radius 3 is 2.82 bits per heavy atom. The van der Waals surface area contributed by atoms with Crippen molar-refractivity contribution in [1.29, 1.82) is 0 Å². The molecule has 1 aliphatic rings. The van der Waals surface area contributed by atoms with E-state index in [-0.39, 0.29) is 0 Å². The third-order valence-corrected chi connectivity index (χ3v) is 3.70. The Labute approximate surface area is 104 Å². The van der Waals surface area contributed by atoms with E-state index in [1.54, 1.807) is 0 Å². The van der Waals surface area contributed by atoms with E-state index in [0.29, 0.717) is 12.0 Å². The van der Waals surface area contributed by atoms with Crippen molar-refractivity contribution in [1.82, 2.24) is 4.90 Å². The highest BCUT2D eigenvalue weighted by Gasteiger charge is 2.24. The van der Waals surface area contributed by atoms with Gasteiger partial charge in [-0.1, -0.05) is 6.92 Å². The number of likely N-dealkylation sites (tertiary alicyclic amines) is 1. The molecule has 0 amide bonds. The molecule has 0 spiro atoms. The van der Waals surface area contributed by atoms with Crippen LogP contribution in [0.5, 0.6) is 0 Å². The first-order valence-corrected chi connectivity index (χ1v) is 6.37. The minimum Gasteiger partial charge on any atom is -0.399 e. The standard InChI is InChI=1S/C14H23N3/c1-10-8-12(15)4-5-13(10)16-14-6-7-17(3)9-11(14)2/h4-5,8,11,14,16H,6-7,9,15H2,1-3H3. The highest BCUT2D eigenvalue weighted by Crippen LogP contribution is 2.23. The lowest BCUT2D eigenvalue weighted by molar-refractivity contribution is 0.206. The predicted octanol–water partition coefficient (Wildman–Crippen LogP) is 2.33. The van der Waals surface area contributed by atoms with Crippen molar-refractivity contribution in [3.8, 4) is 0 Å². The van der Waals surface area contributed by atoms with Gasteiger partial charge in [0.2, 0.25) is 0 Å². The lowest BCUT2D eigenvalue weighted by atomic mass is 9.93. The highest BCUT2D eigenvalue weighted by atomic mass is 15.1. The number of benzene rings is 1. The lowest BCUT2D eigenvalue weighted by Crippen LogP contribution is -2.43. The Kier molecular flexibility index (Phi) is 3.57. The molecule has 2 atom stereocenters. The van der Waals surface area contributed by atoms with Crippen LogP contribution in [-0.2, 0) is 0 Å². The number of nitrogens with one attached hydrogen (secondary N) is 1. The molecule has 1 aliphatic heterocycles. The van der Waals surface area contributed by atoms with E-state index in [2.05, 4.69) is 37.2 Å². The second-order valence-corrected chi connectivity index (χ2v) is 5.35. The minimum absolute atomic E-state index is 0.577. The van der Waals surface area contributed by atoms with E-state index >= 15 is 0 Å². The number of nitrogens with two attached hydrogens (primary N) is 1. The van der Waals surface area contributed by atoms with Gasteiger partial charge in [-0.3, -0.25) is 0 Å². The summed E-state index contributed by atoms with van der Waals surface area (Å²) in [6.07, 6.45) is 1.21. The number of hydrogen-bond acceptors (Lipinski definition) is 3. The topological polar surface area (TPSA) is 41.3 Å². The van der Waals surface area contributed by atoms with E-state index in [0.717, 1.165) is 5.69 Å². The van der Waals surface area contributed by atoms with Crippen LogP contribution in [0.25, 0.3) is 0 Å². The number of aryl methyl sites for hydroxylation is 1. The molecule has 1 saturated heterocycles. The smallest absolute Gasteiger partial charge is 0.0373 e. The molecular formula is C14H23N3. The van der Waals surface area contributed by atoms with Crippen LogP contribution >= 0.6 is 0 Å². The van der Waals surface area contributed by atoms with Gasteiger partial charge in [0.1, 0.15) is 0 Å². The molecule has 0 aromatic heterocycles. The fraction of sp³-hybridized carbons (Fsp3) is 0.571. The maximum Gasteiger partial charge on any atom is 0.0373 e. The van der Waals surface area contributed by atoms with Crippen LogP contribution in [0, 0.1) is 12.8 Å². The summed E-state index contributed by atoms with van der Waals surface area (Å²) < 4.78 is 0. The Balaban J connectivity index is 2.05. The number of anilines is 2. The first-order valence-electron chi connectivity index (χ1n) is 6.37. The zero-order valence-electron chi connectivity index (χ0n) is 11.0. The van der Waals surface area contributed by atoms with Gasteiger partial charge in [0.15, 0.2) is 0 Å². The molecule has 2 unspecified atom stereocenters. The fourth-order valence-electron chi connectivity index (χ4n) is 2.62. The Morgan fingerprint density at radius 1 is 1.41 bits per heavy atom. The van der Waals surface area contributed by atoms with Crippen molar-refractivity contribution in [2.75, 3.05) is 31.2 Å². The largest absolute Gasteiger partial charge is 0.399 e. The average molecular weight is 233 g/mol. The molecule has 1 aromatic carbocycles. The van der Waals surface area contributed by atoms with Crippen molar-refractivity contribution >= 4 is 11.4 Å². The van der Waals surface area contributed by atoms with E-state index in [1.807, 2.05) is 12.1 Å². The Morgan fingerprint density at radius 2 is 2.18 bits per heavy atom. The van der Waals surface area contributed by atoms with Gasteiger partial charge in [-0.2, -0.15) is 0 Å². The van der Waals surface area contributed by atoms with E-state index in [9.17, 15) is 0 Å². The molecule has 1 heterocycles. The highest BCUT2D eigenvalue weighted by molar-refractivity contribution is 5.58. The molecule has 1 fully saturated rings. The van der Waals surface area contributed by atoms with Crippen molar-refractivity contribution < 1.29 is 0 Å². The Bertz CT molecular complexity index is 389. The summed E-state index contributed by atoms with van der Waals surface area (Å²) in [6, 6.07) is 6.67. The van der Waals surface area contributed by atoms with Crippen LogP contribution in [0.4, 0.5) is 11.4 Å². The molecule has 0 bridgehead atoms. The summed E-state index contributed by atoms with van der Waals surface area (Å²) in [7, 11) is 2.20. The summed E-state index contributed by atoms with van der Waals surface area (Å²) >= 11 is 0. The zero-order valence-corrected chi connectivity index (χ0v) is 11.0. The van der Waals surface area contributed by atoms with Gasteiger partial charge >= 0.3 is 0 Å². The second kappa shape index (κ2) is 4.96. The van der Waals surface area contributed by atoms with Crippen LogP contribution in [-0.4, -0.2) is 31.1 Å². The number of nitrogens with zero attached hydrogens (tertiary/aromatic N) is 1. The zero-order chi connectivity index (χ0) is 12.4. The molecule has 2 rings (SSSR count). The molecule has 17 heavy (non-hydrogen) atoms. The minimum atomic E-state index is 0.577. The normalized spacial score (nSPS) is 25.8. The number of hydrogen-bond donors (Lipinski definition) is 2. The van der Waals surface area contributed by atoms with Gasteiger partial charge in [0.05, 0.1) is 0 Å². The summed E-state index contributed by atoms with van der Waals surface area (Å²) in [5.74, 6) is 0.686. The SMILES string of the molecule is Cc1cc(N)ccc1NC1CCN(C)CC1C. The first kappa shape index (κ1) is 12.2. The molecule has 3 N–H and O–H groups in total. The van der Waals surface area contributed by atoms with E-state index in [4.69, 9.17) is 5.73 Å². The van der Waals surface area contributed by atoms with Crippen molar-refractivity contribution in [3.05, 3.63) is 23.8 Å². The summed E-state index contributed by atoms with van der Waals surface area (Å²) in [4.78, 5) is 2.40. The van der Waals surface area contributed by atoms with Crippen LogP contribution in [0.15, 0.2) is 18.2 Å². The second-order valence-electron chi connectivity index (χ2n) is 5.35. The van der Waals surface area contributed by atoms with Crippen molar-refractivity contribution in [2.45, 2.75) is 26.3 Å². The van der Waals surface area contributed by atoms with Gasteiger partial charge in [-0.15, -0.1) is 0 Å². The molecular weight excluding hydrogens is 210 g/mol. The molecule has 3 heteroatoms. The van der Waals surface area contributed by atoms with Crippen LogP contribution in [0.1, 0.15) is 18.9 Å². The van der Waals surface area contributed by atoms with Gasteiger partial charge < -0.3 is 16.0 Å². The first-order chi connectivity index (χ1) is 8.06. The van der Waals surface area contributed by atoms with Gasteiger partial charge in [0, 0.05) is 24.0 Å². The number of rotatable bonds is 2. The van der Waals surface area contributed by atoms with Gasteiger partial charge in [-0.25, -0.2) is 0 Å². The van der Waals surface area contributed by atoms with Crippen molar-refractivity contribution in [3.63, 3.8) is 0 Å². The maximum absolute atomic E-state index is 5.77. The van der Waals surface area contributed by atoms with E-state index in [1.165, 1.54) is 30.8 Å². The van der Waals surface area contributed by atoms with Gasteiger partial charge in [-0.05, 0) is 56.6 Å². The third kappa shape index (κ3) is 2.91. The average Bonchev–Trinajstić information content (AvgIpc) is 2.25. The fourth-order valence-corrected chi connectivity index (χ4v) is 2.62. The molecule has 1 aromatic rings. The molecule has 0 saturated carbocycles. The third-order valence-electron chi connectivity index (χ3n) is 3.70. The van der Waals surface area contributed by atoms with Crippen LogP contribution in [0.3, 0.4) is 0 Å². The summed E-state index contributed by atoms with van der Waals surface area (Å²) in [6.45, 7) is 6.78. The number of piperidine rings is 1. The van der Waals surface area contributed by atoms with Crippen LogP contribution in [0.2, 0.25) is 0 Å². The summed E-state index contributed by atoms with van der Waals surface area (Å²) in [5, 5.41) is 3.66. The quantitative estimate of drug-likeness (QED) is 0.770. The maximum atomic E-state index is 5.77. The van der Waals surface area contributed by atoms with Gasteiger partial charge in [0.25, 0.3) is 0 Å².